The van der Waals surface area contributed by atoms with Crippen molar-refractivity contribution in [3.63, 3.8) is 0 Å². The Kier molecular flexibility index (Phi) is 6.72. The van der Waals surface area contributed by atoms with Gasteiger partial charge in [0.05, 0.1) is 24.8 Å². The van der Waals surface area contributed by atoms with E-state index in [9.17, 15) is 9.59 Å². The van der Waals surface area contributed by atoms with E-state index in [4.69, 9.17) is 22.4 Å². The largest absolute Gasteiger partial charge is 0.414 e. The van der Waals surface area contributed by atoms with Crippen molar-refractivity contribution in [2.75, 3.05) is 6.61 Å². The SMILES string of the molecule is CC(C)[Si]1(C(C)C)OC[C@H]2O[C@]3(C[C@@H]2O[Si](C(C)C)(C(C)C)O1)O[C@@H](C)c1cc(=O)[nH]c(=O)n13. The van der Waals surface area contributed by atoms with E-state index in [0.717, 1.165) is 0 Å². The third-order valence-corrected chi connectivity index (χ3v) is 17.9. The molecule has 3 aliphatic rings. The summed E-state index contributed by atoms with van der Waals surface area (Å²) in [5, 5.41) is 0. The number of hydrogen-bond acceptors (Lipinski definition) is 7. The lowest BCUT2D eigenvalue weighted by Crippen LogP contribution is -2.65. The van der Waals surface area contributed by atoms with E-state index in [1.165, 1.54) is 10.6 Å². The molecule has 0 aliphatic carbocycles. The lowest BCUT2D eigenvalue weighted by molar-refractivity contribution is -0.282. The van der Waals surface area contributed by atoms with Gasteiger partial charge >= 0.3 is 22.8 Å². The fraction of sp³-hybridized carbons (Fsp3) is 0.826. The fourth-order valence-corrected chi connectivity index (χ4v) is 17.1. The summed E-state index contributed by atoms with van der Waals surface area (Å²) in [6.45, 7) is 19.5. The first kappa shape index (κ1) is 26.0. The van der Waals surface area contributed by atoms with Crippen LogP contribution in [-0.4, -0.2) is 45.5 Å². The van der Waals surface area contributed by atoms with Crippen LogP contribution < -0.4 is 11.2 Å². The molecule has 4 rings (SSSR count). The van der Waals surface area contributed by atoms with Gasteiger partial charge in [-0.25, -0.2) is 9.36 Å². The minimum atomic E-state index is -2.81. The number of rotatable bonds is 4. The second kappa shape index (κ2) is 8.79. The molecule has 1 aromatic rings. The van der Waals surface area contributed by atoms with E-state index in [-0.39, 0.29) is 28.3 Å². The van der Waals surface area contributed by atoms with Gasteiger partial charge < -0.3 is 22.4 Å². The highest BCUT2D eigenvalue weighted by molar-refractivity contribution is 6.83. The normalized spacial score (nSPS) is 32.4. The predicted octanol–water partition coefficient (Wildman–Crippen LogP) is 3.98. The molecule has 2 saturated heterocycles. The van der Waals surface area contributed by atoms with Crippen LogP contribution in [0.5, 0.6) is 0 Å². The van der Waals surface area contributed by atoms with Gasteiger partial charge in [-0.3, -0.25) is 9.78 Å². The zero-order valence-electron chi connectivity index (χ0n) is 21.8. The third kappa shape index (κ3) is 3.84. The summed E-state index contributed by atoms with van der Waals surface area (Å²) in [6.07, 6.45) is -0.928. The maximum atomic E-state index is 12.9. The number of fused-ring (bicyclic) bond motifs is 3. The van der Waals surface area contributed by atoms with E-state index in [0.29, 0.717) is 18.7 Å². The number of nitrogens with zero attached hydrogens (tertiary/aromatic N) is 1. The number of hydrogen-bond donors (Lipinski definition) is 1. The Morgan fingerprint density at radius 3 is 2.09 bits per heavy atom. The summed E-state index contributed by atoms with van der Waals surface area (Å²) in [5.41, 5.74) is 0.340. The van der Waals surface area contributed by atoms with Gasteiger partial charge in [-0.1, -0.05) is 55.4 Å². The quantitative estimate of drug-likeness (QED) is 0.609. The Hall–Kier alpha value is -1.09. The molecular formula is C23H40N2O7Si2. The summed E-state index contributed by atoms with van der Waals surface area (Å²) >= 11 is 0. The van der Waals surface area contributed by atoms with Crippen molar-refractivity contribution in [1.29, 1.82) is 0 Å². The summed E-state index contributed by atoms with van der Waals surface area (Å²) in [6, 6.07) is 1.40. The van der Waals surface area contributed by atoms with Crippen LogP contribution in [0.3, 0.4) is 0 Å². The maximum Gasteiger partial charge on any atom is 0.335 e. The average molecular weight is 513 g/mol. The molecule has 0 bridgehead atoms. The van der Waals surface area contributed by atoms with Gasteiger partial charge in [-0.15, -0.1) is 0 Å². The number of nitrogens with one attached hydrogen (secondary N) is 1. The van der Waals surface area contributed by atoms with Gasteiger partial charge in [0.25, 0.3) is 11.5 Å². The molecule has 1 spiro atoms. The van der Waals surface area contributed by atoms with Crippen LogP contribution >= 0.6 is 0 Å². The Bertz CT molecular complexity index is 1020. The predicted molar refractivity (Wildman–Crippen MR) is 132 cm³/mol. The van der Waals surface area contributed by atoms with E-state index in [1.807, 2.05) is 6.92 Å². The molecule has 4 atom stereocenters. The van der Waals surface area contributed by atoms with Crippen LogP contribution in [0.1, 0.15) is 80.5 Å². The molecule has 3 aliphatic heterocycles. The highest BCUT2D eigenvalue weighted by Gasteiger charge is 2.63. The van der Waals surface area contributed by atoms with Crippen LogP contribution in [-0.2, 0) is 28.4 Å². The van der Waals surface area contributed by atoms with Gasteiger partial charge in [0, 0.05) is 6.07 Å². The Morgan fingerprint density at radius 2 is 1.53 bits per heavy atom. The third-order valence-electron chi connectivity index (χ3n) is 7.64. The molecule has 192 valence electrons. The number of ether oxygens (including phenoxy) is 2. The molecular weight excluding hydrogens is 472 g/mol. The van der Waals surface area contributed by atoms with E-state index < -0.39 is 46.5 Å². The second-order valence-electron chi connectivity index (χ2n) is 11.2. The highest BCUT2D eigenvalue weighted by atomic mass is 28.5. The minimum Gasteiger partial charge on any atom is -0.414 e. The van der Waals surface area contributed by atoms with Gasteiger partial charge in [-0.05, 0) is 29.1 Å². The van der Waals surface area contributed by atoms with Crippen LogP contribution in [0.15, 0.2) is 15.7 Å². The van der Waals surface area contributed by atoms with Crippen molar-refractivity contribution in [1.82, 2.24) is 9.55 Å². The Labute approximate surface area is 203 Å². The molecule has 4 heterocycles. The second-order valence-corrected chi connectivity index (χ2v) is 20.0. The van der Waals surface area contributed by atoms with E-state index in [2.05, 4.69) is 60.4 Å². The molecule has 0 saturated carbocycles. The fourth-order valence-electron chi connectivity index (χ4n) is 5.94. The van der Waals surface area contributed by atoms with E-state index in [1.54, 1.807) is 0 Å². The first-order chi connectivity index (χ1) is 15.8. The summed E-state index contributed by atoms with van der Waals surface area (Å²) in [7, 11) is -5.51. The van der Waals surface area contributed by atoms with Gasteiger partial charge in [0.2, 0.25) is 0 Å². The Balaban J connectivity index is 1.81. The van der Waals surface area contributed by atoms with Gasteiger partial charge in [0.15, 0.2) is 0 Å². The Morgan fingerprint density at radius 1 is 0.941 bits per heavy atom. The molecule has 0 aromatic carbocycles. The number of aromatic nitrogens is 2. The molecule has 9 nitrogen and oxygen atoms in total. The first-order valence-electron chi connectivity index (χ1n) is 12.5. The number of aromatic amines is 1. The van der Waals surface area contributed by atoms with Crippen LogP contribution in [0, 0.1) is 0 Å². The topological polar surface area (TPSA) is 101 Å². The standard InChI is InChI=1S/C23H40N2O7Si2/c1-13(2)33(14(3)4)28-12-20-19(31-34(32-33,15(5)6)16(7)8)11-23(30-20)25-18(17(9)29-23)10-21(26)24-22(25)27/h10,13-17,19-20H,11-12H2,1-9H3,(H,24,26,27)/t17-,19-,20+,23-/m0/s1. The zero-order valence-corrected chi connectivity index (χ0v) is 23.8. The van der Waals surface area contributed by atoms with Crippen molar-refractivity contribution in [2.24, 2.45) is 0 Å². The van der Waals surface area contributed by atoms with Crippen LogP contribution in [0.2, 0.25) is 22.2 Å². The van der Waals surface area contributed by atoms with Crippen molar-refractivity contribution >= 4 is 17.1 Å². The lowest BCUT2D eigenvalue weighted by atomic mass is 10.2. The maximum absolute atomic E-state index is 12.9. The zero-order chi connectivity index (χ0) is 25.2. The molecule has 0 unspecified atom stereocenters. The highest BCUT2D eigenvalue weighted by Crippen LogP contribution is 2.51. The van der Waals surface area contributed by atoms with Crippen molar-refractivity contribution in [3.8, 4) is 0 Å². The summed E-state index contributed by atoms with van der Waals surface area (Å²) in [5.74, 6) is -1.34. The smallest absolute Gasteiger partial charge is 0.335 e. The minimum absolute atomic E-state index is 0.186. The summed E-state index contributed by atoms with van der Waals surface area (Å²) < 4.78 is 35.3. The summed E-state index contributed by atoms with van der Waals surface area (Å²) in [4.78, 5) is 27.2. The molecule has 1 N–H and O–H groups in total. The molecule has 11 heteroatoms. The van der Waals surface area contributed by atoms with Gasteiger partial charge in [-0.2, -0.15) is 0 Å². The lowest BCUT2D eigenvalue weighted by Gasteiger charge is -2.51. The van der Waals surface area contributed by atoms with Crippen LogP contribution in [0.4, 0.5) is 0 Å². The monoisotopic (exact) mass is 512 g/mol. The van der Waals surface area contributed by atoms with E-state index >= 15 is 0 Å². The molecule has 0 radical (unpaired) electrons. The van der Waals surface area contributed by atoms with Crippen LogP contribution in [0.25, 0.3) is 0 Å². The van der Waals surface area contributed by atoms with Crippen molar-refractivity contribution < 1.29 is 22.4 Å². The molecule has 34 heavy (non-hydrogen) atoms. The molecule has 2 fully saturated rings. The molecule has 1 aromatic heterocycles. The van der Waals surface area contributed by atoms with Gasteiger partial charge in [0.1, 0.15) is 12.2 Å². The number of H-pyrrole nitrogens is 1. The molecule has 0 amide bonds. The van der Waals surface area contributed by atoms with Crippen molar-refractivity contribution in [3.05, 3.63) is 32.6 Å². The first-order valence-corrected chi connectivity index (χ1v) is 16.5. The average Bonchev–Trinajstić information content (AvgIpc) is 3.17. The van der Waals surface area contributed by atoms with Crippen molar-refractivity contribution in [2.45, 2.75) is 115 Å².